The van der Waals surface area contributed by atoms with Crippen molar-refractivity contribution in [2.75, 3.05) is 0 Å². The highest BCUT2D eigenvalue weighted by atomic mass is 79.9. The third kappa shape index (κ3) is 3.08. The third-order valence-corrected chi connectivity index (χ3v) is 4.10. The monoisotopic (exact) mass is 266 g/mol. The second-order valence-corrected chi connectivity index (χ2v) is 6.09. The first-order valence-electron chi connectivity index (χ1n) is 3.99. The SMILES string of the molecule is CC(C)CC(Br)c1ccc(Cl)s1. The molecule has 0 fully saturated rings. The normalized spacial score (nSPS) is 13.8. The predicted octanol–water partition coefficient (Wildman–Crippen LogP) is 4.88. The lowest BCUT2D eigenvalue weighted by molar-refractivity contribution is 0.587. The van der Waals surface area contributed by atoms with Crippen LogP contribution in [0.2, 0.25) is 4.34 Å². The molecule has 0 bridgehead atoms. The zero-order valence-corrected chi connectivity index (χ0v) is 10.3. The molecule has 1 rings (SSSR count). The maximum Gasteiger partial charge on any atom is 0.0931 e. The molecule has 1 aromatic rings. The summed E-state index contributed by atoms with van der Waals surface area (Å²) in [6.45, 7) is 4.45. The Balaban J connectivity index is 2.58. The van der Waals surface area contributed by atoms with E-state index in [1.54, 1.807) is 11.3 Å². The van der Waals surface area contributed by atoms with Gasteiger partial charge < -0.3 is 0 Å². The molecule has 0 aliphatic heterocycles. The molecule has 0 radical (unpaired) electrons. The van der Waals surface area contributed by atoms with E-state index in [0.717, 1.165) is 16.7 Å². The van der Waals surface area contributed by atoms with Crippen molar-refractivity contribution < 1.29 is 0 Å². The van der Waals surface area contributed by atoms with Crippen LogP contribution in [0.3, 0.4) is 0 Å². The van der Waals surface area contributed by atoms with Crippen molar-refractivity contribution in [2.24, 2.45) is 5.92 Å². The van der Waals surface area contributed by atoms with E-state index >= 15 is 0 Å². The van der Waals surface area contributed by atoms with Crippen LogP contribution in [0.15, 0.2) is 12.1 Å². The summed E-state index contributed by atoms with van der Waals surface area (Å²) < 4.78 is 0.873. The molecule has 12 heavy (non-hydrogen) atoms. The predicted molar refractivity (Wildman–Crippen MR) is 60.5 cm³/mol. The van der Waals surface area contributed by atoms with Crippen LogP contribution in [0.25, 0.3) is 0 Å². The van der Waals surface area contributed by atoms with Gasteiger partial charge in [0, 0.05) is 9.70 Å². The number of thiophene rings is 1. The van der Waals surface area contributed by atoms with Crippen molar-refractivity contribution in [3.8, 4) is 0 Å². The molecule has 0 saturated heterocycles. The van der Waals surface area contributed by atoms with Crippen LogP contribution in [0.1, 0.15) is 30.0 Å². The fourth-order valence-corrected chi connectivity index (χ4v) is 3.26. The summed E-state index contributed by atoms with van der Waals surface area (Å²) in [5, 5.41) is 0. The van der Waals surface area contributed by atoms with Crippen LogP contribution in [-0.2, 0) is 0 Å². The molecule has 0 aliphatic carbocycles. The van der Waals surface area contributed by atoms with Gasteiger partial charge in [-0.2, -0.15) is 0 Å². The van der Waals surface area contributed by atoms with Gasteiger partial charge >= 0.3 is 0 Å². The molecular formula is C9H12BrClS. The summed E-state index contributed by atoms with van der Waals surface area (Å²) >= 11 is 11.1. The van der Waals surface area contributed by atoms with Gasteiger partial charge in [-0.25, -0.2) is 0 Å². The van der Waals surface area contributed by atoms with Crippen molar-refractivity contribution in [2.45, 2.75) is 25.1 Å². The molecule has 0 aliphatic rings. The molecule has 3 heteroatoms. The summed E-state index contributed by atoms with van der Waals surface area (Å²) in [6.07, 6.45) is 1.16. The fourth-order valence-electron chi connectivity index (χ4n) is 1.03. The van der Waals surface area contributed by atoms with E-state index in [9.17, 15) is 0 Å². The molecule has 1 unspecified atom stereocenters. The van der Waals surface area contributed by atoms with E-state index < -0.39 is 0 Å². The smallest absolute Gasteiger partial charge is 0.0931 e. The molecule has 0 aromatic carbocycles. The highest BCUT2D eigenvalue weighted by molar-refractivity contribution is 9.09. The highest BCUT2D eigenvalue weighted by Crippen LogP contribution is 2.35. The van der Waals surface area contributed by atoms with Crippen molar-refractivity contribution in [1.82, 2.24) is 0 Å². The topological polar surface area (TPSA) is 0 Å². The lowest BCUT2D eigenvalue weighted by Gasteiger charge is -2.09. The summed E-state index contributed by atoms with van der Waals surface area (Å²) in [6, 6.07) is 4.05. The molecule has 0 saturated carbocycles. The van der Waals surface area contributed by atoms with Gasteiger partial charge in [-0.1, -0.05) is 41.4 Å². The Hall–Kier alpha value is 0.470. The number of rotatable bonds is 3. The van der Waals surface area contributed by atoms with Crippen LogP contribution < -0.4 is 0 Å². The summed E-state index contributed by atoms with van der Waals surface area (Å²) in [5.41, 5.74) is 0. The minimum atomic E-state index is 0.468. The molecule has 1 atom stereocenters. The average molecular weight is 268 g/mol. The maximum atomic E-state index is 5.84. The largest absolute Gasteiger partial charge is 0.127 e. The molecular weight excluding hydrogens is 256 g/mol. The van der Waals surface area contributed by atoms with Crippen LogP contribution in [0.5, 0.6) is 0 Å². The summed E-state index contributed by atoms with van der Waals surface area (Å²) in [7, 11) is 0. The Labute approximate surface area is 91.1 Å². The van der Waals surface area contributed by atoms with Gasteiger partial charge in [0.2, 0.25) is 0 Å². The lowest BCUT2D eigenvalue weighted by atomic mass is 10.1. The summed E-state index contributed by atoms with van der Waals surface area (Å²) in [5.74, 6) is 0.718. The van der Waals surface area contributed by atoms with Crippen molar-refractivity contribution >= 4 is 38.9 Å². The first-order chi connectivity index (χ1) is 5.59. The number of hydrogen-bond acceptors (Lipinski definition) is 1. The second-order valence-electron chi connectivity index (χ2n) is 3.24. The van der Waals surface area contributed by atoms with E-state index in [2.05, 4.69) is 35.8 Å². The Morgan fingerprint density at radius 2 is 2.17 bits per heavy atom. The molecule has 0 N–H and O–H groups in total. The lowest BCUT2D eigenvalue weighted by Crippen LogP contribution is -1.92. The zero-order chi connectivity index (χ0) is 9.14. The fraction of sp³-hybridized carbons (Fsp3) is 0.556. The first kappa shape index (κ1) is 10.6. The van der Waals surface area contributed by atoms with Crippen LogP contribution in [-0.4, -0.2) is 0 Å². The second kappa shape index (κ2) is 4.64. The molecule has 0 nitrogen and oxygen atoms in total. The van der Waals surface area contributed by atoms with E-state index in [-0.39, 0.29) is 0 Å². The van der Waals surface area contributed by atoms with Crippen molar-refractivity contribution in [3.05, 3.63) is 21.3 Å². The number of halogens is 2. The van der Waals surface area contributed by atoms with Gasteiger partial charge in [0.25, 0.3) is 0 Å². The quantitative estimate of drug-likeness (QED) is 0.685. The third-order valence-electron chi connectivity index (χ3n) is 1.58. The molecule has 1 aromatic heterocycles. The first-order valence-corrected chi connectivity index (χ1v) is 6.10. The van der Waals surface area contributed by atoms with E-state index in [4.69, 9.17) is 11.6 Å². The van der Waals surface area contributed by atoms with E-state index in [0.29, 0.717) is 4.83 Å². The van der Waals surface area contributed by atoms with Crippen molar-refractivity contribution in [3.63, 3.8) is 0 Å². The Morgan fingerprint density at radius 1 is 1.50 bits per heavy atom. The molecule has 0 spiro atoms. The van der Waals surface area contributed by atoms with Gasteiger partial charge in [0.1, 0.15) is 0 Å². The van der Waals surface area contributed by atoms with Crippen molar-refractivity contribution in [1.29, 1.82) is 0 Å². The van der Waals surface area contributed by atoms with Gasteiger partial charge in [-0.15, -0.1) is 11.3 Å². The molecule has 1 heterocycles. The molecule has 0 amide bonds. The minimum Gasteiger partial charge on any atom is -0.127 e. The zero-order valence-electron chi connectivity index (χ0n) is 7.18. The highest BCUT2D eigenvalue weighted by Gasteiger charge is 2.11. The van der Waals surface area contributed by atoms with E-state index in [1.807, 2.05) is 6.07 Å². The van der Waals surface area contributed by atoms with Gasteiger partial charge in [-0.3, -0.25) is 0 Å². The minimum absolute atomic E-state index is 0.468. The number of alkyl halides is 1. The Bertz CT molecular complexity index is 244. The maximum absolute atomic E-state index is 5.84. The van der Waals surface area contributed by atoms with Gasteiger partial charge in [0.05, 0.1) is 4.34 Å². The van der Waals surface area contributed by atoms with E-state index in [1.165, 1.54) is 4.88 Å². The summed E-state index contributed by atoms with van der Waals surface area (Å²) in [4.78, 5) is 1.80. The van der Waals surface area contributed by atoms with Crippen LogP contribution in [0.4, 0.5) is 0 Å². The van der Waals surface area contributed by atoms with Gasteiger partial charge in [0.15, 0.2) is 0 Å². The molecule has 68 valence electrons. The van der Waals surface area contributed by atoms with Crippen LogP contribution >= 0.6 is 38.9 Å². The Kier molecular flexibility index (Phi) is 4.08. The standard InChI is InChI=1S/C9H12BrClS/c1-6(2)5-7(10)8-3-4-9(11)12-8/h3-4,6-7H,5H2,1-2H3. The van der Waals surface area contributed by atoms with Crippen LogP contribution in [0, 0.1) is 5.92 Å². The Morgan fingerprint density at radius 3 is 2.58 bits per heavy atom. The van der Waals surface area contributed by atoms with Gasteiger partial charge in [-0.05, 0) is 24.5 Å². The number of hydrogen-bond donors (Lipinski definition) is 0. The average Bonchev–Trinajstić information content (AvgIpc) is 2.34.